The number of rotatable bonds is 13. The molecule has 4 rings (SSSR count). The molecular formula is C32H36Cl2FN3O6S. The maximum Gasteiger partial charge on any atom is 0.264 e. The first-order chi connectivity index (χ1) is 21.5. The molecule has 2 amide bonds. The van der Waals surface area contributed by atoms with E-state index in [1.165, 1.54) is 55.5 Å². The Morgan fingerprint density at radius 3 is 2.24 bits per heavy atom. The zero-order valence-electron chi connectivity index (χ0n) is 25.3. The molecule has 1 aliphatic rings. The molecule has 1 atom stereocenters. The smallest absolute Gasteiger partial charge is 0.264 e. The van der Waals surface area contributed by atoms with Gasteiger partial charge >= 0.3 is 0 Å². The van der Waals surface area contributed by atoms with Crippen molar-refractivity contribution >= 4 is 50.7 Å². The van der Waals surface area contributed by atoms with Crippen LogP contribution in [0.15, 0.2) is 65.6 Å². The second kappa shape index (κ2) is 15.2. The van der Waals surface area contributed by atoms with E-state index in [4.69, 9.17) is 32.7 Å². The maximum absolute atomic E-state index is 14.3. The maximum atomic E-state index is 14.3. The Bertz CT molecular complexity index is 1620. The molecule has 1 fully saturated rings. The fourth-order valence-electron chi connectivity index (χ4n) is 5.36. The summed E-state index contributed by atoms with van der Waals surface area (Å²) in [6.45, 7) is 1.00. The number of benzene rings is 3. The van der Waals surface area contributed by atoms with Gasteiger partial charge in [-0.25, -0.2) is 12.8 Å². The molecule has 3 aromatic carbocycles. The Morgan fingerprint density at radius 2 is 1.64 bits per heavy atom. The first-order valence-corrected chi connectivity index (χ1v) is 16.7. The summed E-state index contributed by atoms with van der Waals surface area (Å²) in [5, 5.41) is 3.75. The van der Waals surface area contributed by atoms with Gasteiger partial charge in [-0.1, -0.05) is 49.0 Å². The summed E-state index contributed by atoms with van der Waals surface area (Å²) >= 11 is 12.6. The summed E-state index contributed by atoms with van der Waals surface area (Å²) in [5.74, 6) is -1.10. The minimum absolute atomic E-state index is 0.00349. The van der Waals surface area contributed by atoms with Gasteiger partial charge in [0.2, 0.25) is 11.8 Å². The van der Waals surface area contributed by atoms with Gasteiger partial charge in [0, 0.05) is 28.7 Å². The lowest BCUT2D eigenvalue weighted by molar-refractivity contribution is -0.140. The molecule has 0 aromatic heterocycles. The fourth-order valence-corrected chi connectivity index (χ4v) is 7.26. The topological polar surface area (TPSA) is 105 Å². The summed E-state index contributed by atoms with van der Waals surface area (Å²) < 4.78 is 53.6. The standard InChI is InChI=1S/C32H36Cl2FN3O6S/c1-4-28(32(40)36-24-7-5-6-8-24)37(19-21-9-10-22(33)17-27(21)34)31(39)20-38(25-13-11-23(35)12-14-25)45(41,42)26-15-16-29(43-2)30(18-26)44-3/h9-18,24,28H,4-8,19-20H2,1-3H3,(H,36,40)/t28-/m1/s1. The van der Waals surface area contributed by atoms with E-state index in [0.29, 0.717) is 21.4 Å². The van der Waals surface area contributed by atoms with Crippen molar-refractivity contribution in [2.24, 2.45) is 0 Å². The van der Waals surface area contributed by atoms with Gasteiger partial charge in [0.05, 0.1) is 24.8 Å². The Labute approximate surface area is 273 Å². The molecule has 3 aromatic rings. The molecule has 1 saturated carbocycles. The number of anilines is 1. The fraction of sp³-hybridized carbons (Fsp3) is 0.375. The third kappa shape index (κ3) is 8.19. The molecule has 1 N–H and O–H groups in total. The minimum atomic E-state index is -4.43. The Morgan fingerprint density at radius 1 is 0.978 bits per heavy atom. The highest BCUT2D eigenvalue weighted by molar-refractivity contribution is 7.92. The van der Waals surface area contributed by atoms with Crippen LogP contribution in [0.4, 0.5) is 10.1 Å². The predicted molar refractivity (Wildman–Crippen MR) is 172 cm³/mol. The van der Waals surface area contributed by atoms with E-state index in [0.717, 1.165) is 42.1 Å². The lowest BCUT2D eigenvalue weighted by atomic mass is 10.1. The number of nitrogens with zero attached hydrogens (tertiary/aromatic N) is 2. The highest BCUT2D eigenvalue weighted by Gasteiger charge is 2.35. The van der Waals surface area contributed by atoms with Crippen LogP contribution in [0.2, 0.25) is 10.0 Å². The molecule has 13 heteroatoms. The zero-order chi connectivity index (χ0) is 32.7. The summed E-state index contributed by atoms with van der Waals surface area (Å²) in [6, 6.07) is 12.7. The number of hydrogen-bond acceptors (Lipinski definition) is 6. The van der Waals surface area contributed by atoms with Crippen molar-refractivity contribution < 1.29 is 31.9 Å². The molecule has 0 saturated heterocycles. The molecule has 242 valence electrons. The SMILES string of the molecule is CC[C@H](C(=O)NC1CCCC1)N(Cc1ccc(Cl)cc1Cl)C(=O)CN(c1ccc(F)cc1)S(=O)(=O)c1ccc(OC)c(OC)c1. The van der Waals surface area contributed by atoms with Gasteiger partial charge in [0.15, 0.2) is 11.5 Å². The number of nitrogens with one attached hydrogen (secondary N) is 1. The molecule has 45 heavy (non-hydrogen) atoms. The van der Waals surface area contributed by atoms with E-state index in [1.807, 2.05) is 0 Å². The normalized spacial score (nSPS) is 14.1. The number of hydrogen-bond donors (Lipinski definition) is 1. The quantitative estimate of drug-likeness (QED) is 0.230. The summed E-state index contributed by atoms with van der Waals surface area (Å²) in [7, 11) is -1.63. The Balaban J connectivity index is 1.76. The summed E-state index contributed by atoms with van der Waals surface area (Å²) in [5.41, 5.74) is 0.574. The lowest BCUT2D eigenvalue weighted by Gasteiger charge is -2.34. The van der Waals surface area contributed by atoms with Crippen molar-refractivity contribution in [1.82, 2.24) is 10.2 Å². The average molecular weight is 681 g/mol. The van der Waals surface area contributed by atoms with E-state index < -0.39 is 34.3 Å². The Kier molecular flexibility index (Phi) is 11.6. The van der Waals surface area contributed by atoms with E-state index in [2.05, 4.69) is 5.32 Å². The molecule has 1 aliphatic carbocycles. The van der Waals surface area contributed by atoms with Crippen LogP contribution < -0.4 is 19.1 Å². The number of ether oxygens (including phenoxy) is 2. The predicted octanol–water partition coefficient (Wildman–Crippen LogP) is 6.21. The van der Waals surface area contributed by atoms with Crippen LogP contribution in [0.5, 0.6) is 11.5 Å². The van der Waals surface area contributed by atoms with Crippen molar-refractivity contribution in [3.8, 4) is 11.5 Å². The van der Waals surface area contributed by atoms with E-state index in [-0.39, 0.29) is 41.2 Å². The first kappa shape index (κ1) is 34.3. The van der Waals surface area contributed by atoms with Crippen LogP contribution in [0, 0.1) is 5.82 Å². The molecule has 0 radical (unpaired) electrons. The number of sulfonamides is 1. The van der Waals surface area contributed by atoms with Crippen molar-refractivity contribution in [2.45, 2.75) is 62.6 Å². The highest BCUT2D eigenvalue weighted by Crippen LogP contribution is 2.33. The number of amides is 2. The van der Waals surface area contributed by atoms with Gasteiger partial charge < -0.3 is 19.7 Å². The van der Waals surface area contributed by atoms with Crippen LogP contribution in [-0.2, 0) is 26.2 Å². The second-order valence-corrected chi connectivity index (χ2v) is 13.4. The third-order valence-corrected chi connectivity index (χ3v) is 10.1. The van der Waals surface area contributed by atoms with Gasteiger partial charge in [0.1, 0.15) is 18.4 Å². The summed E-state index contributed by atoms with van der Waals surface area (Å²) in [4.78, 5) is 29.0. The van der Waals surface area contributed by atoms with Crippen molar-refractivity contribution in [1.29, 1.82) is 0 Å². The van der Waals surface area contributed by atoms with E-state index in [9.17, 15) is 22.4 Å². The second-order valence-electron chi connectivity index (χ2n) is 10.7. The first-order valence-electron chi connectivity index (χ1n) is 14.5. The monoisotopic (exact) mass is 679 g/mol. The van der Waals surface area contributed by atoms with E-state index in [1.54, 1.807) is 19.1 Å². The number of halogens is 3. The van der Waals surface area contributed by atoms with Gasteiger partial charge in [-0.2, -0.15) is 0 Å². The van der Waals surface area contributed by atoms with Crippen molar-refractivity contribution in [3.05, 3.63) is 82.1 Å². The molecule has 0 bridgehead atoms. The molecule has 0 aliphatic heterocycles. The number of methoxy groups -OCH3 is 2. The molecule has 0 spiro atoms. The zero-order valence-corrected chi connectivity index (χ0v) is 27.6. The number of carbonyl (C=O) groups excluding carboxylic acids is 2. The minimum Gasteiger partial charge on any atom is -0.493 e. The molecule has 9 nitrogen and oxygen atoms in total. The lowest BCUT2D eigenvalue weighted by Crippen LogP contribution is -2.53. The number of carbonyl (C=O) groups is 2. The largest absolute Gasteiger partial charge is 0.493 e. The van der Waals surface area contributed by atoms with Gasteiger partial charge in [0.25, 0.3) is 10.0 Å². The molecule has 0 unspecified atom stereocenters. The van der Waals surface area contributed by atoms with Crippen molar-refractivity contribution in [2.75, 3.05) is 25.1 Å². The van der Waals surface area contributed by atoms with Gasteiger partial charge in [-0.05, 0) is 73.4 Å². The third-order valence-electron chi connectivity index (χ3n) is 7.78. The average Bonchev–Trinajstić information content (AvgIpc) is 3.53. The summed E-state index contributed by atoms with van der Waals surface area (Å²) in [6.07, 6.45) is 3.97. The van der Waals surface area contributed by atoms with Gasteiger partial charge in [-0.3, -0.25) is 13.9 Å². The molecule has 0 heterocycles. The van der Waals surface area contributed by atoms with E-state index >= 15 is 0 Å². The van der Waals surface area contributed by atoms with Crippen LogP contribution in [0.1, 0.15) is 44.6 Å². The van der Waals surface area contributed by atoms with Crippen LogP contribution in [0.3, 0.4) is 0 Å². The van der Waals surface area contributed by atoms with Crippen molar-refractivity contribution in [3.63, 3.8) is 0 Å². The van der Waals surface area contributed by atoms with Gasteiger partial charge in [-0.15, -0.1) is 0 Å². The van der Waals surface area contributed by atoms with Crippen LogP contribution in [0.25, 0.3) is 0 Å². The molecular weight excluding hydrogens is 644 g/mol. The Hall–Kier alpha value is -3.54. The highest BCUT2D eigenvalue weighted by atomic mass is 35.5. The van der Waals surface area contributed by atoms with Crippen LogP contribution in [-0.4, -0.2) is 58.0 Å². The van der Waals surface area contributed by atoms with Crippen LogP contribution >= 0.6 is 23.2 Å².